The maximum Gasteiger partial charge on any atom is 0.240 e. The number of benzene rings is 1. The molecule has 1 saturated heterocycles. The van der Waals surface area contributed by atoms with Crippen LogP contribution in [0.4, 0.5) is 0 Å². The molecule has 4 heteroatoms. The molecule has 1 heterocycles. The Morgan fingerprint density at radius 3 is 2.50 bits per heavy atom. The minimum absolute atomic E-state index is 0.121. The van der Waals surface area contributed by atoms with Crippen LogP contribution in [0, 0.1) is 5.92 Å². The first kappa shape index (κ1) is 18.9. The van der Waals surface area contributed by atoms with Crippen molar-refractivity contribution in [2.45, 2.75) is 65.2 Å². The van der Waals surface area contributed by atoms with Gasteiger partial charge in [0, 0.05) is 31.7 Å². The topological polar surface area (TPSA) is 49.6 Å². The molecule has 1 aliphatic heterocycles. The molecular weight excluding hydrogens is 298 g/mol. The van der Waals surface area contributed by atoms with E-state index in [1.807, 2.05) is 24.8 Å². The van der Waals surface area contributed by atoms with Gasteiger partial charge >= 0.3 is 0 Å². The number of nitrogens with two attached hydrogens (primary N) is 1. The van der Waals surface area contributed by atoms with Crippen molar-refractivity contribution in [3.05, 3.63) is 35.9 Å². The average molecular weight is 332 g/mol. The average Bonchev–Trinajstić information content (AvgIpc) is 3.01. The van der Waals surface area contributed by atoms with Crippen LogP contribution in [0.25, 0.3) is 0 Å². The van der Waals surface area contributed by atoms with Crippen LogP contribution in [0.5, 0.6) is 0 Å². The standard InChI is InChI=1S/C20H33N3O/c1-15(2)19(21)20(24)23-12-8-11-18(23)14-22(16(3)4)13-17-9-6-5-7-10-17/h5-7,9-10,15-16,18-19H,8,11-14,21H2,1-4H3/t18-,19+/m1/s1. The molecule has 0 unspecified atom stereocenters. The van der Waals surface area contributed by atoms with Gasteiger partial charge in [0.15, 0.2) is 0 Å². The Kier molecular flexibility index (Phi) is 6.81. The van der Waals surface area contributed by atoms with Crippen LogP contribution in [0.1, 0.15) is 46.1 Å². The van der Waals surface area contributed by atoms with E-state index in [1.165, 1.54) is 5.56 Å². The Balaban J connectivity index is 2.03. The minimum Gasteiger partial charge on any atom is -0.337 e. The van der Waals surface area contributed by atoms with E-state index < -0.39 is 0 Å². The minimum atomic E-state index is -0.382. The van der Waals surface area contributed by atoms with Crippen molar-refractivity contribution >= 4 is 5.91 Å². The van der Waals surface area contributed by atoms with Gasteiger partial charge in [0.05, 0.1) is 6.04 Å². The van der Waals surface area contributed by atoms with Crippen LogP contribution in [0.15, 0.2) is 30.3 Å². The van der Waals surface area contributed by atoms with E-state index in [9.17, 15) is 4.79 Å². The van der Waals surface area contributed by atoms with Crippen molar-refractivity contribution in [2.24, 2.45) is 11.7 Å². The van der Waals surface area contributed by atoms with Crippen molar-refractivity contribution in [2.75, 3.05) is 13.1 Å². The van der Waals surface area contributed by atoms with Crippen molar-refractivity contribution in [3.63, 3.8) is 0 Å². The highest BCUT2D eigenvalue weighted by Crippen LogP contribution is 2.22. The summed E-state index contributed by atoms with van der Waals surface area (Å²) < 4.78 is 0. The van der Waals surface area contributed by atoms with Crippen molar-refractivity contribution in [1.82, 2.24) is 9.80 Å². The molecule has 0 radical (unpaired) electrons. The summed E-state index contributed by atoms with van der Waals surface area (Å²) in [6, 6.07) is 10.9. The first-order valence-corrected chi connectivity index (χ1v) is 9.24. The maximum absolute atomic E-state index is 12.7. The molecule has 1 aliphatic rings. The van der Waals surface area contributed by atoms with E-state index in [0.717, 1.165) is 32.5 Å². The first-order valence-electron chi connectivity index (χ1n) is 9.24. The molecule has 2 rings (SSSR count). The van der Waals surface area contributed by atoms with Gasteiger partial charge in [-0.2, -0.15) is 0 Å². The highest BCUT2D eigenvalue weighted by atomic mass is 16.2. The molecular formula is C20H33N3O. The Hall–Kier alpha value is -1.39. The smallest absolute Gasteiger partial charge is 0.240 e. The second kappa shape index (κ2) is 8.63. The van der Waals surface area contributed by atoms with E-state index in [4.69, 9.17) is 5.73 Å². The fraction of sp³-hybridized carbons (Fsp3) is 0.650. The highest BCUT2D eigenvalue weighted by molar-refractivity contribution is 5.82. The molecule has 2 N–H and O–H groups in total. The number of carbonyl (C=O) groups is 1. The SMILES string of the molecule is CC(C)[C@H](N)C(=O)N1CCC[C@@H]1CN(Cc1ccccc1)C(C)C. The number of hydrogen-bond acceptors (Lipinski definition) is 3. The summed E-state index contributed by atoms with van der Waals surface area (Å²) in [4.78, 5) is 17.2. The Morgan fingerprint density at radius 2 is 1.92 bits per heavy atom. The molecule has 1 amide bonds. The zero-order valence-electron chi connectivity index (χ0n) is 15.6. The van der Waals surface area contributed by atoms with Gasteiger partial charge in [-0.15, -0.1) is 0 Å². The van der Waals surface area contributed by atoms with Crippen LogP contribution in [0.2, 0.25) is 0 Å². The van der Waals surface area contributed by atoms with E-state index >= 15 is 0 Å². The third kappa shape index (κ3) is 4.81. The quantitative estimate of drug-likeness (QED) is 0.836. The van der Waals surface area contributed by atoms with Crippen molar-refractivity contribution < 1.29 is 4.79 Å². The fourth-order valence-electron chi connectivity index (χ4n) is 3.34. The lowest BCUT2D eigenvalue weighted by atomic mass is 10.0. The predicted molar refractivity (Wildman–Crippen MR) is 99.5 cm³/mol. The molecule has 0 aliphatic carbocycles. The van der Waals surface area contributed by atoms with Gasteiger partial charge in [-0.3, -0.25) is 9.69 Å². The van der Waals surface area contributed by atoms with Crippen LogP contribution >= 0.6 is 0 Å². The molecule has 0 aromatic heterocycles. The molecule has 134 valence electrons. The van der Waals surface area contributed by atoms with Crippen LogP contribution in [-0.2, 0) is 11.3 Å². The Bertz CT molecular complexity index is 515. The largest absolute Gasteiger partial charge is 0.337 e. The van der Waals surface area contributed by atoms with Crippen LogP contribution in [-0.4, -0.2) is 46.9 Å². The second-order valence-corrected chi connectivity index (χ2v) is 7.61. The van der Waals surface area contributed by atoms with Gasteiger partial charge in [0.2, 0.25) is 5.91 Å². The van der Waals surface area contributed by atoms with Crippen molar-refractivity contribution in [1.29, 1.82) is 0 Å². The zero-order valence-corrected chi connectivity index (χ0v) is 15.6. The Morgan fingerprint density at radius 1 is 1.25 bits per heavy atom. The van der Waals surface area contributed by atoms with E-state index in [1.54, 1.807) is 0 Å². The Labute approximate surface area is 147 Å². The number of amides is 1. The van der Waals surface area contributed by atoms with Gasteiger partial charge < -0.3 is 10.6 Å². The summed E-state index contributed by atoms with van der Waals surface area (Å²) in [7, 11) is 0. The number of likely N-dealkylation sites (tertiary alicyclic amines) is 1. The summed E-state index contributed by atoms with van der Waals surface area (Å²) >= 11 is 0. The third-order valence-electron chi connectivity index (χ3n) is 5.07. The van der Waals surface area contributed by atoms with E-state index in [0.29, 0.717) is 6.04 Å². The van der Waals surface area contributed by atoms with E-state index in [-0.39, 0.29) is 23.9 Å². The number of rotatable bonds is 7. The van der Waals surface area contributed by atoms with Gasteiger partial charge in [0.1, 0.15) is 0 Å². The monoisotopic (exact) mass is 331 g/mol. The van der Waals surface area contributed by atoms with Crippen molar-refractivity contribution in [3.8, 4) is 0 Å². The predicted octanol–water partition coefficient (Wildman–Crippen LogP) is 2.87. The molecule has 1 fully saturated rings. The molecule has 1 aromatic rings. The van der Waals surface area contributed by atoms with Gasteiger partial charge in [-0.1, -0.05) is 44.2 Å². The van der Waals surface area contributed by atoms with E-state index in [2.05, 4.69) is 43.0 Å². The molecule has 0 spiro atoms. The third-order valence-corrected chi connectivity index (χ3v) is 5.07. The number of carbonyl (C=O) groups excluding carboxylic acids is 1. The summed E-state index contributed by atoms with van der Waals surface area (Å²) in [5.41, 5.74) is 7.43. The number of hydrogen-bond donors (Lipinski definition) is 1. The lowest BCUT2D eigenvalue weighted by Crippen LogP contribution is -2.51. The lowest BCUT2D eigenvalue weighted by molar-refractivity contribution is -0.134. The van der Waals surface area contributed by atoms with Crippen LogP contribution < -0.4 is 5.73 Å². The summed E-state index contributed by atoms with van der Waals surface area (Å²) in [6.07, 6.45) is 2.16. The van der Waals surface area contributed by atoms with Gasteiger partial charge in [-0.05, 0) is 38.2 Å². The summed E-state index contributed by atoms with van der Waals surface area (Å²) in [6.45, 7) is 11.2. The fourth-order valence-corrected chi connectivity index (χ4v) is 3.34. The first-order chi connectivity index (χ1) is 11.4. The maximum atomic E-state index is 12.7. The molecule has 1 aromatic carbocycles. The number of nitrogens with zero attached hydrogens (tertiary/aromatic N) is 2. The lowest BCUT2D eigenvalue weighted by Gasteiger charge is -2.34. The molecule has 0 bridgehead atoms. The molecule has 0 saturated carbocycles. The highest BCUT2D eigenvalue weighted by Gasteiger charge is 2.34. The van der Waals surface area contributed by atoms with Gasteiger partial charge in [0.25, 0.3) is 0 Å². The van der Waals surface area contributed by atoms with Gasteiger partial charge in [-0.25, -0.2) is 0 Å². The van der Waals surface area contributed by atoms with Crippen LogP contribution in [0.3, 0.4) is 0 Å². The molecule has 4 nitrogen and oxygen atoms in total. The zero-order chi connectivity index (χ0) is 17.7. The summed E-state index contributed by atoms with van der Waals surface area (Å²) in [5, 5.41) is 0. The molecule has 24 heavy (non-hydrogen) atoms. The molecule has 2 atom stereocenters. The summed E-state index contributed by atoms with van der Waals surface area (Å²) in [5.74, 6) is 0.306. The second-order valence-electron chi connectivity index (χ2n) is 7.61. The normalized spacial score (nSPS) is 19.5.